The van der Waals surface area contributed by atoms with Gasteiger partial charge in [0, 0.05) is 38.5 Å². The smallest absolute Gasteiger partial charge is 0.226 e. The van der Waals surface area contributed by atoms with Crippen LogP contribution in [0.1, 0.15) is 57.7 Å². The zero-order valence-corrected chi connectivity index (χ0v) is 13.4. The first-order valence-electron chi connectivity index (χ1n) is 8.06. The summed E-state index contributed by atoms with van der Waals surface area (Å²) in [5, 5.41) is 7.35. The van der Waals surface area contributed by atoms with Crippen molar-refractivity contribution in [1.29, 1.82) is 0 Å². The standard InChI is InChI=1S/C15H27N5O/c1-4-16-15(20-10-5-6-11-20)17-9-7-8-13-18-14(12(2)3)19-21-13/h12H,4-11H2,1-3H3,(H,16,17). The Bertz CT molecular complexity index is 449. The molecule has 1 fully saturated rings. The Balaban J connectivity index is 1.78. The van der Waals surface area contributed by atoms with Crippen molar-refractivity contribution in [3.63, 3.8) is 0 Å². The summed E-state index contributed by atoms with van der Waals surface area (Å²) >= 11 is 0. The lowest BCUT2D eigenvalue weighted by Gasteiger charge is -2.20. The Labute approximate surface area is 127 Å². The highest BCUT2D eigenvalue weighted by Crippen LogP contribution is 2.11. The van der Waals surface area contributed by atoms with Gasteiger partial charge in [-0.1, -0.05) is 19.0 Å². The maximum absolute atomic E-state index is 5.24. The van der Waals surface area contributed by atoms with Crippen LogP contribution in [0.2, 0.25) is 0 Å². The lowest BCUT2D eigenvalue weighted by atomic mass is 10.2. The zero-order chi connectivity index (χ0) is 15.1. The summed E-state index contributed by atoms with van der Waals surface area (Å²) in [7, 11) is 0. The molecule has 0 unspecified atom stereocenters. The van der Waals surface area contributed by atoms with E-state index in [0.717, 1.165) is 56.7 Å². The Morgan fingerprint density at radius 3 is 2.76 bits per heavy atom. The average Bonchev–Trinajstić information content (AvgIpc) is 3.13. The van der Waals surface area contributed by atoms with Crippen LogP contribution in [0, 0.1) is 0 Å². The predicted octanol–water partition coefficient (Wildman–Crippen LogP) is 2.19. The van der Waals surface area contributed by atoms with E-state index in [9.17, 15) is 0 Å². The van der Waals surface area contributed by atoms with Crippen molar-refractivity contribution in [2.75, 3.05) is 26.2 Å². The zero-order valence-electron chi connectivity index (χ0n) is 13.4. The Morgan fingerprint density at radius 1 is 1.38 bits per heavy atom. The highest BCUT2D eigenvalue weighted by atomic mass is 16.5. The molecule has 0 amide bonds. The monoisotopic (exact) mass is 293 g/mol. The predicted molar refractivity (Wildman–Crippen MR) is 83.5 cm³/mol. The maximum atomic E-state index is 5.24. The van der Waals surface area contributed by atoms with Crippen LogP contribution in [0.4, 0.5) is 0 Å². The van der Waals surface area contributed by atoms with Gasteiger partial charge in [-0.25, -0.2) is 0 Å². The molecule has 0 saturated carbocycles. The molecule has 1 aliphatic rings. The van der Waals surface area contributed by atoms with E-state index in [4.69, 9.17) is 9.52 Å². The van der Waals surface area contributed by atoms with Crippen LogP contribution in [0.15, 0.2) is 9.52 Å². The number of hydrogen-bond donors (Lipinski definition) is 1. The first-order chi connectivity index (χ1) is 10.2. The van der Waals surface area contributed by atoms with Gasteiger partial charge in [0.15, 0.2) is 11.8 Å². The van der Waals surface area contributed by atoms with Crippen LogP contribution in [-0.4, -0.2) is 47.2 Å². The average molecular weight is 293 g/mol. The quantitative estimate of drug-likeness (QED) is 0.495. The second-order valence-electron chi connectivity index (χ2n) is 5.73. The molecule has 2 heterocycles. The molecule has 1 saturated heterocycles. The molecule has 2 rings (SSSR count). The van der Waals surface area contributed by atoms with Crippen molar-refractivity contribution in [2.45, 2.75) is 52.4 Å². The van der Waals surface area contributed by atoms with Gasteiger partial charge in [-0.15, -0.1) is 0 Å². The first-order valence-corrected chi connectivity index (χ1v) is 8.06. The van der Waals surface area contributed by atoms with Gasteiger partial charge in [0.25, 0.3) is 0 Å². The molecule has 118 valence electrons. The topological polar surface area (TPSA) is 66.5 Å². The molecule has 6 nitrogen and oxygen atoms in total. The molecular weight excluding hydrogens is 266 g/mol. The minimum absolute atomic E-state index is 0.316. The van der Waals surface area contributed by atoms with Crippen LogP contribution in [-0.2, 0) is 6.42 Å². The number of aliphatic imine (C=N–C) groups is 1. The number of guanidine groups is 1. The fourth-order valence-electron chi connectivity index (χ4n) is 2.37. The van der Waals surface area contributed by atoms with E-state index in [1.54, 1.807) is 0 Å². The highest BCUT2D eigenvalue weighted by molar-refractivity contribution is 5.80. The molecule has 21 heavy (non-hydrogen) atoms. The van der Waals surface area contributed by atoms with Crippen molar-refractivity contribution in [3.05, 3.63) is 11.7 Å². The third kappa shape index (κ3) is 4.72. The highest BCUT2D eigenvalue weighted by Gasteiger charge is 2.15. The van der Waals surface area contributed by atoms with E-state index in [1.165, 1.54) is 12.8 Å². The Kier molecular flexibility index (Phi) is 6.02. The van der Waals surface area contributed by atoms with Gasteiger partial charge < -0.3 is 14.7 Å². The lowest BCUT2D eigenvalue weighted by molar-refractivity contribution is 0.369. The third-order valence-corrected chi connectivity index (χ3v) is 3.55. The van der Waals surface area contributed by atoms with E-state index in [0.29, 0.717) is 5.92 Å². The Hall–Kier alpha value is -1.59. The van der Waals surface area contributed by atoms with Crippen molar-refractivity contribution < 1.29 is 4.52 Å². The number of aryl methyl sites for hydroxylation is 1. The van der Waals surface area contributed by atoms with Gasteiger partial charge in [-0.2, -0.15) is 4.98 Å². The van der Waals surface area contributed by atoms with Crippen molar-refractivity contribution >= 4 is 5.96 Å². The first kappa shape index (κ1) is 15.8. The maximum Gasteiger partial charge on any atom is 0.226 e. The molecule has 1 aliphatic heterocycles. The third-order valence-electron chi connectivity index (χ3n) is 3.55. The molecule has 0 bridgehead atoms. The lowest BCUT2D eigenvalue weighted by Crippen LogP contribution is -2.39. The van der Waals surface area contributed by atoms with E-state index in [2.05, 4.69) is 41.1 Å². The molecule has 0 atom stereocenters. The van der Waals surface area contributed by atoms with Gasteiger partial charge in [-0.3, -0.25) is 4.99 Å². The van der Waals surface area contributed by atoms with Crippen molar-refractivity contribution in [2.24, 2.45) is 4.99 Å². The fourth-order valence-corrected chi connectivity index (χ4v) is 2.37. The summed E-state index contributed by atoms with van der Waals surface area (Å²) in [5.74, 6) is 2.87. The second kappa shape index (κ2) is 8.00. The summed E-state index contributed by atoms with van der Waals surface area (Å²) in [4.78, 5) is 11.4. The number of nitrogens with zero attached hydrogens (tertiary/aromatic N) is 4. The summed E-state index contributed by atoms with van der Waals surface area (Å²) in [6.07, 6.45) is 4.26. The fraction of sp³-hybridized carbons (Fsp3) is 0.800. The minimum Gasteiger partial charge on any atom is -0.357 e. The number of nitrogens with one attached hydrogen (secondary N) is 1. The van der Waals surface area contributed by atoms with Gasteiger partial charge >= 0.3 is 0 Å². The summed E-state index contributed by atoms with van der Waals surface area (Å²) < 4.78 is 5.24. The molecular formula is C15H27N5O. The van der Waals surface area contributed by atoms with Gasteiger partial charge in [0.05, 0.1) is 0 Å². The largest absolute Gasteiger partial charge is 0.357 e. The molecule has 1 aromatic rings. The summed E-state index contributed by atoms with van der Waals surface area (Å²) in [5.41, 5.74) is 0. The van der Waals surface area contributed by atoms with Crippen LogP contribution < -0.4 is 5.32 Å². The van der Waals surface area contributed by atoms with E-state index in [-0.39, 0.29) is 0 Å². The summed E-state index contributed by atoms with van der Waals surface area (Å²) in [6, 6.07) is 0. The second-order valence-corrected chi connectivity index (χ2v) is 5.73. The SMILES string of the molecule is CCNC(=NCCCc1nc(C(C)C)no1)N1CCCC1. The van der Waals surface area contributed by atoms with E-state index >= 15 is 0 Å². The van der Waals surface area contributed by atoms with E-state index < -0.39 is 0 Å². The number of aromatic nitrogens is 2. The normalized spacial score (nSPS) is 16.0. The summed E-state index contributed by atoms with van der Waals surface area (Å²) in [6.45, 7) is 10.2. The molecule has 0 spiro atoms. The van der Waals surface area contributed by atoms with E-state index in [1.807, 2.05) is 0 Å². The van der Waals surface area contributed by atoms with Crippen LogP contribution >= 0.6 is 0 Å². The van der Waals surface area contributed by atoms with Gasteiger partial charge in [-0.05, 0) is 26.2 Å². The van der Waals surface area contributed by atoms with Crippen molar-refractivity contribution in [1.82, 2.24) is 20.4 Å². The number of hydrogen-bond acceptors (Lipinski definition) is 4. The molecule has 0 radical (unpaired) electrons. The molecule has 6 heteroatoms. The van der Waals surface area contributed by atoms with Gasteiger partial charge in [0.1, 0.15) is 0 Å². The van der Waals surface area contributed by atoms with Crippen LogP contribution in [0.3, 0.4) is 0 Å². The van der Waals surface area contributed by atoms with Gasteiger partial charge in [0.2, 0.25) is 5.89 Å². The molecule has 1 aromatic heterocycles. The molecule has 1 N–H and O–H groups in total. The van der Waals surface area contributed by atoms with Crippen molar-refractivity contribution in [3.8, 4) is 0 Å². The van der Waals surface area contributed by atoms with Crippen LogP contribution in [0.5, 0.6) is 0 Å². The number of likely N-dealkylation sites (tertiary alicyclic amines) is 1. The molecule has 0 aromatic carbocycles. The molecule has 0 aliphatic carbocycles. The van der Waals surface area contributed by atoms with Crippen LogP contribution in [0.25, 0.3) is 0 Å². The minimum atomic E-state index is 0.316. The Morgan fingerprint density at radius 2 is 2.14 bits per heavy atom. The number of rotatable bonds is 6.